The minimum absolute atomic E-state index is 0.266. The third-order valence-electron chi connectivity index (χ3n) is 3.03. The van der Waals surface area contributed by atoms with Crippen molar-refractivity contribution in [2.24, 2.45) is 0 Å². The first kappa shape index (κ1) is 16.2. The highest BCUT2D eigenvalue weighted by Gasteiger charge is 2.09. The van der Waals surface area contributed by atoms with Crippen LogP contribution in [0.1, 0.15) is 37.8 Å². The third kappa shape index (κ3) is 7.31. The fourth-order valence-electron chi connectivity index (χ4n) is 1.92. The zero-order chi connectivity index (χ0) is 13.8. The van der Waals surface area contributed by atoms with Gasteiger partial charge in [0.25, 0.3) is 0 Å². The van der Waals surface area contributed by atoms with Gasteiger partial charge in [0, 0.05) is 20.3 Å². The van der Waals surface area contributed by atoms with Gasteiger partial charge in [0.1, 0.15) is 0 Å². The van der Waals surface area contributed by atoms with Crippen LogP contribution >= 0.6 is 0 Å². The molecule has 0 fully saturated rings. The zero-order valence-electron chi connectivity index (χ0n) is 12.2. The van der Waals surface area contributed by atoms with Crippen LogP contribution in [0.3, 0.4) is 0 Å². The van der Waals surface area contributed by atoms with Gasteiger partial charge in [0.05, 0.1) is 12.6 Å². The highest BCUT2D eigenvalue weighted by atomic mass is 16.5. The van der Waals surface area contributed by atoms with E-state index in [1.165, 1.54) is 12.0 Å². The second-order valence-corrected chi connectivity index (χ2v) is 4.69. The van der Waals surface area contributed by atoms with Gasteiger partial charge >= 0.3 is 0 Å². The molecule has 0 aliphatic heterocycles. The summed E-state index contributed by atoms with van der Waals surface area (Å²) >= 11 is 0. The average molecular weight is 265 g/mol. The summed E-state index contributed by atoms with van der Waals surface area (Å²) in [7, 11) is 1.74. The molecular formula is C16H27NO2. The van der Waals surface area contributed by atoms with Crippen molar-refractivity contribution in [2.45, 2.75) is 32.2 Å². The Kier molecular flexibility index (Phi) is 9.33. The van der Waals surface area contributed by atoms with Gasteiger partial charge in [-0.1, -0.05) is 43.7 Å². The Morgan fingerprint density at radius 1 is 1.11 bits per heavy atom. The Hall–Kier alpha value is -0.900. The molecule has 1 rings (SSSR count). The van der Waals surface area contributed by atoms with E-state index in [0.717, 1.165) is 32.6 Å². The van der Waals surface area contributed by atoms with Crippen LogP contribution in [0.15, 0.2) is 30.3 Å². The summed E-state index contributed by atoms with van der Waals surface area (Å²) in [5, 5.41) is 3.52. The maximum absolute atomic E-state index is 5.55. The summed E-state index contributed by atoms with van der Waals surface area (Å²) in [6.07, 6.45) is 3.39. The zero-order valence-corrected chi connectivity index (χ0v) is 12.2. The lowest BCUT2D eigenvalue weighted by Gasteiger charge is -2.18. The van der Waals surface area contributed by atoms with Crippen molar-refractivity contribution in [1.29, 1.82) is 0 Å². The molecular weight excluding hydrogens is 238 g/mol. The van der Waals surface area contributed by atoms with Crippen molar-refractivity contribution in [3.8, 4) is 0 Å². The first-order valence-electron chi connectivity index (χ1n) is 7.23. The van der Waals surface area contributed by atoms with Gasteiger partial charge in [0.15, 0.2) is 0 Å². The molecule has 0 aromatic heterocycles. The van der Waals surface area contributed by atoms with Crippen LogP contribution in [-0.4, -0.2) is 33.5 Å². The SMILES string of the molecule is CCCCOCCCNC(COC)c1ccccc1. The highest BCUT2D eigenvalue weighted by Crippen LogP contribution is 2.12. The molecule has 0 saturated heterocycles. The summed E-state index contributed by atoms with van der Waals surface area (Å²) in [5.41, 5.74) is 1.27. The Labute approximate surface area is 117 Å². The summed E-state index contributed by atoms with van der Waals surface area (Å²) in [6.45, 7) is 5.55. The first-order valence-corrected chi connectivity index (χ1v) is 7.23. The number of benzene rings is 1. The molecule has 0 spiro atoms. The van der Waals surface area contributed by atoms with E-state index < -0.39 is 0 Å². The molecule has 0 saturated carbocycles. The van der Waals surface area contributed by atoms with Crippen LogP contribution in [-0.2, 0) is 9.47 Å². The fourth-order valence-corrected chi connectivity index (χ4v) is 1.92. The summed E-state index contributed by atoms with van der Waals surface area (Å²) < 4.78 is 10.8. The van der Waals surface area contributed by atoms with Gasteiger partial charge in [0.2, 0.25) is 0 Å². The molecule has 0 aliphatic carbocycles. The lowest BCUT2D eigenvalue weighted by molar-refractivity contribution is 0.125. The first-order chi connectivity index (χ1) is 9.38. The normalized spacial score (nSPS) is 12.5. The van der Waals surface area contributed by atoms with Gasteiger partial charge in [-0.05, 0) is 24.9 Å². The minimum Gasteiger partial charge on any atom is -0.383 e. The number of methoxy groups -OCH3 is 1. The summed E-state index contributed by atoms with van der Waals surface area (Å²) in [6, 6.07) is 10.7. The van der Waals surface area contributed by atoms with Crippen LogP contribution < -0.4 is 5.32 Å². The van der Waals surface area contributed by atoms with Crippen LogP contribution in [0.5, 0.6) is 0 Å². The number of ether oxygens (including phenoxy) is 2. The van der Waals surface area contributed by atoms with Gasteiger partial charge in [-0.15, -0.1) is 0 Å². The Balaban J connectivity index is 2.20. The van der Waals surface area contributed by atoms with E-state index >= 15 is 0 Å². The highest BCUT2D eigenvalue weighted by molar-refractivity contribution is 5.18. The summed E-state index contributed by atoms with van der Waals surface area (Å²) in [5.74, 6) is 0. The molecule has 0 radical (unpaired) electrons. The molecule has 1 atom stereocenters. The van der Waals surface area contributed by atoms with E-state index in [1.54, 1.807) is 7.11 Å². The predicted octanol–water partition coefficient (Wildman–Crippen LogP) is 3.17. The van der Waals surface area contributed by atoms with E-state index in [9.17, 15) is 0 Å². The smallest absolute Gasteiger partial charge is 0.0657 e. The maximum atomic E-state index is 5.55. The van der Waals surface area contributed by atoms with Crippen LogP contribution in [0, 0.1) is 0 Å². The van der Waals surface area contributed by atoms with E-state index in [0.29, 0.717) is 6.61 Å². The predicted molar refractivity (Wildman–Crippen MR) is 79.4 cm³/mol. The van der Waals surface area contributed by atoms with E-state index in [-0.39, 0.29) is 6.04 Å². The maximum Gasteiger partial charge on any atom is 0.0657 e. The molecule has 3 nitrogen and oxygen atoms in total. The lowest BCUT2D eigenvalue weighted by atomic mass is 10.1. The number of rotatable bonds is 11. The molecule has 108 valence electrons. The Morgan fingerprint density at radius 3 is 2.53 bits per heavy atom. The van der Waals surface area contributed by atoms with E-state index in [2.05, 4.69) is 36.5 Å². The molecule has 0 aliphatic rings. The van der Waals surface area contributed by atoms with Gasteiger partial charge < -0.3 is 14.8 Å². The molecule has 1 aromatic carbocycles. The van der Waals surface area contributed by atoms with Crippen molar-refractivity contribution >= 4 is 0 Å². The van der Waals surface area contributed by atoms with Gasteiger partial charge in [-0.3, -0.25) is 0 Å². The summed E-state index contributed by atoms with van der Waals surface area (Å²) in [4.78, 5) is 0. The minimum atomic E-state index is 0.266. The monoisotopic (exact) mass is 265 g/mol. The second kappa shape index (κ2) is 11.0. The number of hydrogen-bond acceptors (Lipinski definition) is 3. The van der Waals surface area contributed by atoms with Crippen molar-refractivity contribution in [2.75, 3.05) is 33.5 Å². The van der Waals surface area contributed by atoms with Crippen molar-refractivity contribution < 1.29 is 9.47 Å². The van der Waals surface area contributed by atoms with Gasteiger partial charge in [-0.25, -0.2) is 0 Å². The molecule has 0 amide bonds. The molecule has 1 unspecified atom stereocenters. The Morgan fingerprint density at radius 2 is 1.84 bits per heavy atom. The third-order valence-corrected chi connectivity index (χ3v) is 3.03. The van der Waals surface area contributed by atoms with Crippen molar-refractivity contribution in [1.82, 2.24) is 5.32 Å². The van der Waals surface area contributed by atoms with Crippen molar-refractivity contribution in [3.63, 3.8) is 0 Å². The fraction of sp³-hybridized carbons (Fsp3) is 0.625. The van der Waals surface area contributed by atoms with Gasteiger partial charge in [-0.2, -0.15) is 0 Å². The van der Waals surface area contributed by atoms with E-state index in [1.807, 2.05) is 6.07 Å². The molecule has 1 aromatic rings. The standard InChI is InChI=1S/C16H27NO2/c1-3-4-12-19-13-8-11-17-16(14-18-2)15-9-6-5-7-10-15/h5-7,9-10,16-17H,3-4,8,11-14H2,1-2H3. The van der Waals surface area contributed by atoms with Crippen LogP contribution in [0.4, 0.5) is 0 Å². The molecule has 19 heavy (non-hydrogen) atoms. The molecule has 0 bridgehead atoms. The largest absolute Gasteiger partial charge is 0.383 e. The molecule has 3 heteroatoms. The van der Waals surface area contributed by atoms with E-state index in [4.69, 9.17) is 9.47 Å². The van der Waals surface area contributed by atoms with Crippen LogP contribution in [0.2, 0.25) is 0 Å². The number of nitrogens with one attached hydrogen (secondary N) is 1. The number of unbranched alkanes of at least 4 members (excludes halogenated alkanes) is 1. The topological polar surface area (TPSA) is 30.5 Å². The molecule has 0 heterocycles. The quantitative estimate of drug-likeness (QED) is 0.623. The average Bonchev–Trinajstić information content (AvgIpc) is 2.46. The Bertz CT molecular complexity index is 303. The van der Waals surface area contributed by atoms with Crippen LogP contribution in [0.25, 0.3) is 0 Å². The second-order valence-electron chi connectivity index (χ2n) is 4.69. The number of hydrogen-bond donors (Lipinski definition) is 1. The lowest BCUT2D eigenvalue weighted by Crippen LogP contribution is -2.26. The molecule has 1 N–H and O–H groups in total. The van der Waals surface area contributed by atoms with Crippen molar-refractivity contribution in [3.05, 3.63) is 35.9 Å².